The lowest BCUT2D eigenvalue weighted by Gasteiger charge is -2.38. The molecule has 0 atom stereocenters. The van der Waals surface area contributed by atoms with E-state index in [0.29, 0.717) is 42.7 Å². The van der Waals surface area contributed by atoms with Gasteiger partial charge in [-0.05, 0) is 49.9 Å². The second-order valence-electron chi connectivity index (χ2n) is 10.0. The zero-order valence-corrected chi connectivity index (χ0v) is 20.8. The fraction of sp³-hybridized carbons (Fsp3) is 0.423. The van der Waals surface area contributed by atoms with Crippen molar-refractivity contribution in [3.8, 4) is 17.1 Å². The summed E-state index contributed by atoms with van der Waals surface area (Å²) in [6, 6.07) is 7.43. The highest BCUT2D eigenvalue weighted by Crippen LogP contribution is 2.33. The molecule has 6 rings (SSSR count). The van der Waals surface area contributed by atoms with Crippen LogP contribution in [0.4, 0.5) is 0 Å². The highest BCUT2D eigenvalue weighted by Gasteiger charge is 2.39. The topological polar surface area (TPSA) is 141 Å². The molecule has 0 unspecified atom stereocenters. The number of hydrogen-bond acceptors (Lipinski definition) is 8. The molecule has 0 bridgehead atoms. The van der Waals surface area contributed by atoms with Crippen LogP contribution in [0.2, 0.25) is 0 Å². The number of ether oxygens (including phenoxy) is 1. The Morgan fingerprint density at radius 1 is 1.08 bits per heavy atom. The van der Waals surface area contributed by atoms with Crippen molar-refractivity contribution in [3.05, 3.63) is 59.5 Å². The van der Waals surface area contributed by atoms with Gasteiger partial charge in [-0.25, -0.2) is 14.3 Å². The van der Waals surface area contributed by atoms with Gasteiger partial charge in [-0.15, -0.1) is 0 Å². The Bertz CT molecular complexity index is 1510. The van der Waals surface area contributed by atoms with Crippen molar-refractivity contribution >= 4 is 16.9 Å². The van der Waals surface area contributed by atoms with Gasteiger partial charge >= 0.3 is 0 Å². The summed E-state index contributed by atoms with van der Waals surface area (Å²) in [4.78, 5) is 31.9. The van der Waals surface area contributed by atoms with Gasteiger partial charge in [0.15, 0.2) is 11.4 Å². The summed E-state index contributed by atoms with van der Waals surface area (Å²) in [6.07, 6.45) is 9.02. The van der Waals surface area contributed by atoms with Crippen LogP contribution in [0.5, 0.6) is 5.75 Å². The molecule has 12 nitrogen and oxygen atoms in total. The van der Waals surface area contributed by atoms with Gasteiger partial charge in [0.25, 0.3) is 5.56 Å². The quantitative estimate of drug-likeness (QED) is 0.350. The Hall–Kier alpha value is -4.03. The number of carbonyl (C=O) groups excluding carboxylic acids is 1. The van der Waals surface area contributed by atoms with Crippen LogP contribution >= 0.6 is 0 Å². The normalized spacial score (nSPS) is 17.2. The van der Waals surface area contributed by atoms with Crippen molar-refractivity contribution in [2.45, 2.75) is 37.8 Å². The fourth-order valence-corrected chi connectivity index (χ4v) is 4.89. The molecular weight excluding hydrogens is 490 g/mol. The highest BCUT2D eigenvalue weighted by atomic mass is 16.5. The summed E-state index contributed by atoms with van der Waals surface area (Å²) in [5.41, 5.74) is 0.617. The largest absolute Gasteiger partial charge is 0.488 e. The van der Waals surface area contributed by atoms with Gasteiger partial charge in [0.1, 0.15) is 18.3 Å². The molecule has 2 aliphatic rings. The third-order valence-electron chi connectivity index (χ3n) is 7.23. The van der Waals surface area contributed by atoms with Gasteiger partial charge < -0.3 is 19.8 Å². The maximum absolute atomic E-state index is 13.2. The fourth-order valence-electron chi connectivity index (χ4n) is 4.89. The van der Waals surface area contributed by atoms with Gasteiger partial charge in [-0.3, -0.25) is 14.2 Å². The van der Waals surface area contributed by atoms with E-state index in [2.05, 4.69) is 15.2 Å². The number of aliphatic hydroxyl groups is 2. The van der Waals surface area contributed by atoms with Crippen LogP contribution in [0.3, 0.4) is 0 Å². The molecule has 1 aromatic carbocycles. The second-order valence-corrected chi connectivity index (χ2v) is 10.0. The van der Waals surface area contributed by atoms with Crippen molar-refractivity contribution in [2.75, 3.05) is 26.3 Å². The van der Waals surface area contributed by atoms with Crippen LogP contribution in [-0.2, 0) is 11.3 Å². The van der Waals surface area contributed by atoms with Gasteiger partial charge in [-0.2, -0.15) is 10.2 Å². The average molecular weight is 520 g/mol. The first kappa shape index (κ1) is 24.3. The maximum Gasteiger partial charge on any atom is 0.264 e. The van der Waals surface area contributed by atoms with E-state index in [1.807, 2.05) is 29.2 Å². The monoisotopic (exact) mass is 519 g/mol. The van der Waals surface area contributed by atoms with Crippen LogP contribution in [0.25, 0.3) is 22.4 Å². The molecule has 2 fully saturated rings. The Morgan fingerprint density at radius 2 is 1.82 bits per heavy atom. The van der Waals surface area contributed by atoms with Crippen molar-refractivity contribution < 1.29 is 19.7 Å². The van der Waals surface area contributed by atoms with E-state index in [1.165, 1.54) is 17.1 Å². The van der Waals surface area contributed by atoms with E-state index >= 15 is 0 Å². The molecule has 1 saturated carbocycles. The third-order valence-corrected chi connectivity index (χ3v) is 7.23. The molecule has 198 valence electrons. The summed E-state index contributed by atoms with van der Waals surface area (Å²) in [5.74, 6) is 0.913. The highest BCUT2D eigenvalue weighted by molar-refractivity contribution is 5.81. The first-order valence-electron chi connectivity index (χ1n) is 12.8. The van der Waals surface area contributed by atoms with Crippen LogP contribution in [0.15, 0.2) is 54.0 Å². The predicted octanol–water partition coefficient (Wildman–Crippen LogP) is 0.902. The third kappa shape index (κ3) is 4.68. The summed E-state index contributed by atoms with van der Waals surface area (Å²) in [5, 5.41) is 29.1. The first-order chi connectivity index (χ1) is 18.4. The number of amides is 1. The molecule has 1 aliphatic carbocycles. The molecule has 38 heavy (non-hydrogen) atoms. The predicted molar refractivity (Wildman–Crippen MR) is 136 cm³/mol. The molecule has 1 amide bonds. The Labute approximate surface area is 217 Å². The van der Waals surface area contributed by atoms with Gasteiger partial charge in [-0.1, -0.05) is 0 Å². The molecule has 2 N–H and O–H groups in total. The van der Waals surface area contributed by atoms with Crippen molar-refractivity contribution in [3.63, 3.8) is 0 Å². The number of nitrogens with zero attached hydrogens (tertiary/aromatic N) is 7. The molecule has 3 aromatic heterocycles. The van der Waals surface area contributed by atoms with Crippen LogP contribution < -0.4 is 10.3 Å². The minimum atomic E-state index is -1.07. The average Bonchev–Trinajstić information content (AvgIpc) is 3.52. The van der Waals surface area contributed by atoms with E-state index in [-0.39, 0.29) is 37.1 Å². The Morgan fingerprint density at radius 3 is 2.53 bits per heavy atom. The summed E-state index contributed by atoms with van der Waals surface area (Å²) in [7, 11) is 0. The van der Waals surface area contributed by atoms with E-state index in [4.69, 9.17) is 9.84 Å². The van der Waals surface area contributed by atoms with Crippen molar-refractivity contribution in [2.24, 2.45) is 5.92 Å². The standard InChI is InChI=1S/C26H29N7O5/c34-11-12-38-21-13-28-32(15-21)19-3-5-20(6-4-19)33-23-22(14-29-33)25(36)31(17-27-23)16-26(37)7-9-30(10-8-26)24(35)18-1-2-18/h3-6,13-15,17-18,34,37H,1-2,7-12,16H2. The number of rotatable bonds is 8. The molecule has 4 heterocycles. The second kappa shape index (κ2) is 9.69. The number of likely N-dealkylation sites (tertiary alicyclic amines) is 1. The number of benzene rings is 1. The van der Waals surface area contributed by atoms with Gasteiger partial charge in [0, 0.05) is 19.0 Å². The van der Waals surface area contributed by atoms with Crippen LogP contribution in [-0.4, -0.2) is 82.0 Å². The lowest BCUT2D eigenvalue weighted by molar-refractivity contribution is -0.137. The van der Waals surface area contributed by atoms with E-state index in [9.17, 15) is 14.7 Å². The minimum absolute atomic E-state index is 0.0705. The summed E-state index contributed by atoms with van der Waals surface area (Å²) < 4.78 is 10.1. The zero-order chi connectivity index (χ0) is 26.3. The van der Waals surface area contributed by atoms with E-state index in [1.54, 1.807) is 21.8 Å². The van der Waals surface area contributed by atoms with Crippen LogP contribution in [0, 0.1) is 5.92 Å². The Kier molecular flexibility index (Phi) is 6.20. The minimum Gasteiger partial charge on any atom is -0.488 e. The van der Waals surface area contributed by atoms with Crippen LogP contribution in [0.1, 0.15) is 25.7 Å². The van der Waals surface area contributed by atoms with Gasteiger partial charge in [0.05, 0.1) is 48.7 Å². The molecule has 1 aliphatic heterocycles. The molecule has 1 saturated heterocycles. The first-order valence-corrected chi connectivity index (χ1v) is 12.8. The summed E-state index contributed by atoms with van der Waals surface area (Å²) >= 11 is 0. The number of hydrogen-bond donors (Lipinski definition) is 2. The molecule has 0 spiro atoms. The maximum atomic E-state index is 13.2. The van der Waals surface area contributed by atoms with Gasteiger partial charge in [0.2, 0.25) is 5.91 Å². The number of aromatic nitrogens is 6. The molecule has 4 aromatic rings. The SMILES string of the molecule is O=C(C1CC1)N1CCC(O)(Cn2cnc3c(cnn3-c3ccc(-n4cc(OCCO)cn4)cc3)c2=O)CC1. The Balaban J connectivity index is 1.17. The number of piperidine rings is 1. The lowest BCUT2D eigenvalue weighted by Crippen LogP contribution is -2.50. The number of aliphatic hydroxyl groups excluding tert-OH is 1. The number of fused-ring (bicyclic) bond motifs is 1. The van der Waals surface area contributed by atoms with Crippen molar-refractivity contribution in [1.29, 1.82) is 0 Å². The smallest absolute Gasteiger partial charge is 0.264 e. The number of carbonyl (C=O) groups is 1. The lowest BCUT2D eigenvalue weighted by atomic mass is 9.91. The molecule has 0 radical (unpaired) electrons. The van der Waals surface area contributed by atoms with E-state index in [0.717, 1.165) is 24.2 Å². The summed E-state index contributed by atoms with van der Waals surface area (Å²) in [6.45, 7) is 1.25. The van der Waals surface area contributed by atoms with Crippen molar-refractivity contribution in [1.82, 2.24) is 34.0 Å². The molecule has 12 heteroatoms. The van der Waals surface area contributed by atoms with E-state index < -0.39 is 5.60 Å². The molecular formula is C26H29N7O5. The zero-order valence-electron chi connectivity index (χ0n) is 20.8.